The molecule has 0 spiro atoms. The SMILES string of the molecule is CN(C)C(C#N)c1cc2ccccc2n1C. The van der Waals surface area contributed by atoms with Gasteiger partial charge in [0.05, 0.1) is 11.8 Å². The summed E-state index contributed by atoms with van der Waals surface area (Å²) in [5.74, 6) is 0. The number of aromatic nitrogens is 1. The number of para-hydroxylation sites is 1. The molecule has 1 heterocycles. The van der Waals surface area contributed by atoms with E-state index in [9.17, 15) is 5.26 Å². The highest BCUT2D eigenvalue weighted by Crippen LogP contribution is 2.25. The summed E-state index contributed by atoms with van der Waals surface area (Å²) in [7, 11) is 5.85. The van der Waals surface area contributed by atoms with Gasteiger partial charge in [0.1, 0.15) is 6.04 Å². The Bertz CT molecular complexity index is 546. The molecular weight excluding hydrogens is 198 g/mol. The van der Waals surface area contributed by atoms with Crippen LogP contribution in [0, 0.1) is 11.3 Å². The van der Waals surface area contributed by atoms with Crippen LogP contribution in [-0.4, -0.2) is 23.6 Å². The normalized spacial score (nSPS) is 12.9. The smallest absolute Gasteiger partial charge is 0.138 e. The van der Waals surface area contributed by atoms with Crippen LogP contribution < -0.4 is 0 Å². The number of fused-ring (bicyclic) bond motifs is 1. The first-order chi connectivity index (χ1) is 7.65. The number of nitriles is 1. The molecule has 16 heavy (non-hydrogen) atoms. The van der Waals surface area contributed by atoms with E-state index < -0.39 is 0 Å². The van der Waals surface area contributed by atoms with Crippen molar-refractivity contribution in [2.75, 3.05) is 14.1 Å². The topological polar surface area (TPSA) is 32.0 Å². The zero-order valence-corrected chi connectivity index (χ0v) is 9.81. The number of aryl methyl sites for hydroxylation is 1. The maximum atomic E-state index is 9.19. The Hall–Kier alpha value is -1.79. The van der Waals surface area contributed by atoms with Crippen LogP contribution in [0.1, 0.15) is 11.7 Å². The molecule has 0 aliphatic heterocycles. The molecule has 0 fully saturated rings. The Morgan fingerprint density at radius 3 is 2.56 bits per heavy atom. The second kappa shape index (κ2) is 3.99. The molecule has 0 saturated heterocycles. The van der Waals surface area contributed by atoms with E-state index in [0.717, 1.165) is 5.69 Å². The van der Waals surface area contributed by atoms with E-state index >= 15 is 0 Å². The molecule has 2 aromatic rings. The van der Waals surface area contributed by atoms with Gasteiger partial charge in [0.2, 0.25) is 0 Å². The quantitative estimate of drug-likeness (QED) is 0.766. The molecule has 3 nitrogen and oxygen atoms in total. The van der Waals surface area contributed by atoms with E-state index in [0.29, 0.717) is 0 Å². The third-order valence-electron chi connectivity index (χ3n) is 2.91. The monoisotopic (exact) mass is 213 g/mol. The fourth-order valence-corrected chi connectivity index (χ4v) is 2.02. The van der Waals surface area contributed by atoms with Crippen LogP contribution in [0.3, 0.4) is 0 Å². The zero-order valence-electron chi connectivity index (χ0n) is 9.81. The van der Waals surface area contributed by atoms with Crippen LogP contribution in [0.5, 0.6) is 0 Å². The number of rotatable bonds is 2. The molecule has 0 aliphatic rings. The molecule has 3 heteroatoms. The largest absolute Gasteiger partial charge is 0.345 e. The molecule has 82 valence electrons. The summed E-state index contributed by atoms with van der Waals surface area (Å²) in [6.07, 6.45) is 0. The minimum Gasteiger partial charge on any atom is -0.345 e. The Morgan fingerprint density at radius 2 is 2.00 bits per heavy atom. The lowest BCUT2D eigenvalue weighted by molar-refractivity contribution is 0.348. The van der Waals surface area contributed by atoms with Crippen molar-refractivity contribution < 1.29 is 0 Å². The van der Waals surface area contributed by atoms with Crippen molar-refractivity contribution in [1.82, 2.24) is 9.47 Å². The Morgan fingerprint density at radius 1 is 1.31 bits per heavy atom. The van der Waals surface area contributed by atoms with Crippen molar-refractivity contribution in [3.8, 4) is 6.07 Å². The van der Waals surface area contributed by atoms with Crippen LogP contribution in [0.4, 0.5) is 0 Å². The standard InChI is InChI=1S/C13H15N3/c1-15(2)13(9-14)12-8-10-6-4-5-7-11(10)16(12)3/h4-8,13H,1-3H3. The highest BCUT2D eigenvalue weighted by molar-refractivity contribution is 5.81. The van der Waals surface area contributed by atoms with Crippen molar-refractivity contribution in [3.63, 3.8) is 0 Å². The first kappa shape index (κ1) is 10.7. The summed E-state index contributed by atoms with van der Waals surface area (Å²) in [4.78, 5) is 1.92. The molecular formula is C13H15N3. The molecule has 1 aromatic carbocycles. The molecule has 0 radical (unpaired) electrons. The second-order valence-corrected chi connectivity index (χ2v) is 4.18. The van der Waals surface area contributed by atoms with Gasteiger partial charge in [-0.25, -0.2) is 0 Å². The fourth-order valence-electron chi connectivity index (χ4n) is 2.02. The molecule has 1 unspecified atom stereocenters. The van der Waals surface area contributed by atoms with Crippen LogP contribution in [0.15, 0.2) is 30.3 Å². The number of benzene rings is 1. The maximum Gasteiger partial charge on any atom is 0.138 e. The van der Waals surface area contributed by atoms with E-state index in [1.165, 1.54) is 10.9 Å². The number of nitrogens with zero attached hydrogens (tertiary/aromatic N) is 3. The van der Waals surface area contributed by atoms with Crippen LogP contribution in [-0.2, 0) is 7.05 Å². The van der Waals surface area contributed by atoms with Gasteiger partial charge in [-0.3, -0.25) is 4.90 Å². The highest BCUT2D eigenvalue weighted by Gasteiger charge is 2.17. The van der Waals surface area contributed by atoms with Gasteiger partial charge in [-0.05, 0) is 31.6 Å². The van der Waals surface area contributed by atoms with Crippen LogP contribution >= 0.6 is 0 Å². The van der Waals surface area contributed by atoms with E-state index in [4.69, 9.17) is 0 Å². The summed E-state index contributed by atoms with van der Waals surface area (Å²) in [6.45, 7) is 0. The number of hydrogen-bond acceptors (Lipinski definition) is 2. The predicted octanol–water partition coefficient (Wildman–Crippen LogP) is 2.30. The molecule has 1 atom stereocenters. The van der Waals surface area contributed by atoms with Gasteiger partial charge < -0.3 is 4.57 Å². The minimum atomic E-state index is -0.197. The maximum absolute atomic E-state index is 9.19. The first-order valence-corrected chi connectivity index (χ1v) is 5.25. The van der Waals surface area contributed by atoms with Gasteiger partial charge in [0.25, 0.3) is 0 Å². The van der Waals surface area contributed by atoms with Crippen LogP contribution in [0.2, 0.25) is 0 Å². The summed E-state index contributed by atoms with van der Waals surface area (Å²) in [5.41, 5.74) is 2.20. The Kier molecular flexibility index (Phi) is 2.67. The summed E-state index contributed by atoms with van der Waals surface area (Å²) >= 11 is 0. The molecule has 0 bridgehead atoms. The van der Waals surface area contributed by atoms with Gasteiger partial charge in [-0.2, -0.15) is 5.26 Å². The Labute approximate surface area is 95.5 Å². The molecule has 0 saturated carbocycles. The third kappa shape index (κ3) is 1.58. The summed E-state index contributed by atoms with van der Waals surface area (Å²) in [6, 6.07) is 12.4. The van der Waals surface area contributed by atoms with E-state index in [-0.39, 0.29) is 6.04 Å². The van der Waals surface area contributed by atoms with Gasteiger partial charge in [0, 0.05) is 12.6 Å². The van der Waals surface area contributed by atoms with Crippen molar-refractivity contribution in [2.24, 2.45) is 7.05 Å². The van der Waals surface area contributed by atoms with E-state index in [1.54, 1.807) is 0 Å². The summed E-state index contributed by atoms with van der Waals surface area (Å²) < 4.78 is 2.09. The van der Waals surface area contributed by atoms with E-state index in [2.05, 4.69) is 28.8 Å². The van der Waals surface area contributed by atoms with Crippen molar-refractivity contribution in [3.05, 3.63) is 36.0 Å². The lowest BCUT2D eigenvalue weighted by Crippen LogP contribution is -2.20. The minimum absolute atomic E-state index is 0.197. The lowest BCUT2D eigenvalue weighted by atomic mass is 10.2. The first-order valence-electron chi connectivity index (χ1n) is 5.25. The molecule has 0 N–H and O–H groups in total. The van der Waals surface area contributed by atoms with Crippen LogP contribution in [0.25, 0.3) is 10.9 Å². The van der Waals surface area contributed by atoms with Gasteiger partial charge in [0.15, 0.2) is 0 Å². The third-order valence-corrected chi connectivity index (χ3v) is 2.91. The number of hydrogen-bond donors (Lipinski definition) is 0. The predicted molar refractivity (Wildman–Crippen MR) is 65.0 cm³/mol. The average Bonchev–Trinajstić information content (AvgIpc) is 2.58. The van der Waals surface area contributed by atoms with Gasteiger partial charge in [-0.1, -0.05) is 18.2 Å². The van der Waals surface area contributed by atoms with E-state index in [1.807, 2.05) is 38.2 Å². The molecule has 2 rings (SSSR count). The van der Waals surface area contributed by atoms with Crippen molar-refractivity contribution >= 4 is 10.9 Å². The Balaban J connectivity index is 2.62. The lowest BCUT2D eigenvalue weighted by Gasteiger charge is -2.17. The summed E-state index contributed by atoms with van der Waals surface area (Å²) in [5, 5.41) is 10.4. The average molecular weight is 213 g/mol. The zero-order chi connectivity index (χ0) is 11.7. The second-order valence-electron chi connectivity index (χ2n) is 4.18. The molecule has 1 aromatic heterocycles. The highest BCUT2D eigenvalue weighted by atomic mass is 15.1. The molecule has 0 amide bonds. The van der Waals surface area contributed by atoms with Gasteiger partial charge >= 0.3 is 0 Å². The van der Waals surface area contributed by atoms with Gasteiger partial charge in [-0.15, -0.1) is 0 Å². The van der Waals surface area contributed by atoms with Crippen molar-refractivity contribution in [1.29, 1.82) is 5.26 Å². The fraction of sp³-hybridized carbons (Fsp3) is 0.308. The van der Waals surface area contributed by atoms with Crippen molar-refractivity contribution in [2.45, 2.75) is 6.04 Å². The molecule has 0 aliphatic carbocycles.